The molecule has 4 unspecified atom stereocenters. The van der Waals surface area contributed by atoms with Crippen LogP contribution in [-0.2, 0) is 4.74 Å². The molecule has 2 aliphatic rings. The summed E-state index contributed by atoms with van der Waals surface area (Å²) in [5, 5.41) is 5.37. The molecule has 248 valence electrons. The molecule has 5 rings (SSSR count). The topological polar surface area (TPSA) is 67.9 Å². The first-order valence-corrected chi connectivity index (χ1v) is 17.2. The third kappa shape index (κ3) is 8.81. The third-order valence-electron chi connectivity index (χ3n) is 9.97. The van der Waals surface area contributed by atoms with Crippen molar-refractivity contribution in [3.05, 3.63) is 99.9 Å². The summed E-state index contributed by atoms with van der Waals surface area (Å²) in [5.41, 5.74) is 3.51. The molecular weight excluding hydrogens is 584 g/mol. The molecular formula is C41H50N2O4. The van der Waals surface area contributed by atoms with Crippen LogP contribution >= 0.6 is 0 Å². The molecule has 0 bridgehead atoms. The van der Waals surface area contributed by atoms with E-state index >= 15 is 0 Å². The number of nitrogens with one attached hydrogen (secondary N) is 1. The summed E-state index contributed by atoms with van der Waals surface area (Å²) in [6.45, 7) is 11.6. The molecule has 1 amide bonds. The Morgan fingerprint density at radius 2 is 1.72 bits per heavy atom. The van der Waals surface area contributed by atoms with Crippen molar-refractivity contribution in [3.8, 4) is 11.5 Å². The number of hydrogen-bond acceptors (Lipinski definition) is 5. The Hall–Kier alpha value is -4.16. The molecule has 1 fully saturated rings. The van der Waals surface area contributed by atoms with E-state index in [2.05, 4.69) is 55.9 Å². The lowest BCUT2D eigenvalue weighted by Gasteiger charge is -2.35. The van der Waals surface area contributed by atoms with Crippen LogP contribution < -0.4 is 20.5 Å². The number of ketones is 1. The van der Waals surface area contributed by atoms with E-state index in [0.29, 0.717) is 42.2 Å². The second kappa shape index (κ2) is 16.1. The smallest absolute Gasteiger partial charge is 0.251 e. The highest BCUT2D eigenvalue weighted by Crippen LogP contribution is 2.33. The normalized spacial score (nSPS) is 19.7. The molecule has 6 heteroatoms. The Morgan fingerprint density at radius 3 is 2.40 bits per heavy atom. The average Bonchev–Trinajstić information content (AvgIpc) is 3.24. The fourth-order valence-corrected chi connectivity index (χ4v) is 6.95. The van der Waals surface area contributed by atoms with Gasteiger partial charge < -0.3 is 19.7 Å². The molecule has 3 aromatic carbocycles. The van der Waals surface area contributed by atoms with Crippen LogP contribution in [-0.4, -0.2) is 48.9 Å². The highest BCUT2D eigenvalue weighted by Gasteiger charge is 2.27. The van der Waals surface area contributed by atoms with Crippen molar-refractivity contribution < 1.29 is 19.1 Å². The summed E-state index contributed by atoms with van der Waals surface area (Å²) in [4.78, 5) is 28.9. The number of benzene rings is 3. The van der Waals surface area contributed by atoms with Crippen LogP contribution in [0.4, 0.5) is 0 Å². The van der Waals surface area contributed by atoms with Crippen LogP contribution in [0.1, 0.15) is 90.6 Å². The van der Waals surface area contributed by atoms with Gasteiger partial charge in [-0.2, -0.15) is 0 Å². The van der Waals surface area contributed by atoms with Crippen LogP contribution in [0.5, 0.6) is 11.5 Å². The van der Waals surface area contributed by atoms with Crippen molar-refractivity contribution in [2.24, 2.45) is 11.8 Å². The Kier molecular flexibility index (Phi) is 11.7. The SMILES string of the molecule is C=Cc1ccc(Oc2ccc(C(=O)CC3CCCC(CN4C=c5c(C)c(C(=O)NCC(CC)OC)ccc5=CCC4C)C3)cc2)cc1. The van der Waals surface area contributed by atoms with Crippen molar-refractivity contribution in [1.29, 1.82) is 0 Å². The molecule has 1 aliphatic heterocycles. The Labute approximate surface area is 280 Å². The van der Waals surface area contributed by atoms with Gasteiger partial charge in [0, 0.05) is 55.2 Å². The van der Waals surface area contributed by atoms with Gasteiger partial charge in [-0.05, 0) is 117 Å². The van der Waals surface area contributed by atoms with Crippen molar-refractivity contribution in [2.45, 2.75) is 77.9 Å². The van der Waals surface area contributed by atoms with E-state index in [4.69, 9.17) is 9.47 Å². The van der Waals surface area contributed by atoms with Crippen LogP contribution in [0.15, 0.2) is 67.2 Å². The predicted molar refractivity (Wildman–Crippen MR) is 191 cm³/mol. The minimum absolute atomic E-state index is 0.0119. The number of carbonyl (C=O) groups excluding carboxylic acids is 2. The van der Waals surface area contributed by atoms with Gasteiger partial charge in [-0.15, -0.1) is 0 Å². The Bertz CT molecular complexity index is 1660. The quantitative estimate of drug-likeness (QED) is 0.200. The van der Waals surface area contributed by atoms with Gasteiger partial charge in [0.05, 0.1) is 6.10 Å². The van der Waals surface area contributed by atoms with Crippen LogP contribution in [0.3, 0.4) is 0 Å². The summed E-state index contributed by atoms with van der Waals surface area (Å²) >= 11 is 0. The molecule has 47 heavy (non-hydrogen) atoms. The van der Waals surface area contributed by atoms with E-state index in [1.165, 1.54) is 11.6 Å². The van der Waals surface area contributed by atoms with E-state index in [-0.39, 0.29) is 17.8 Å². The maximum Gasteiger partial charge on any atom is 0.251 e. The maximum absolute atomic E-state index is 13.3. The number of ether oxygens (including phenoxy) is 2. The van der Waals surface area contributed by atoms with Crippen molar-refractivity contribution in [3.63, 3.8) is 0 Å². The lowest BCUT2D eigenvalue weighted by Crippen LogP contribution is -2.38. The molecule has 1 aliphatic carbocycles. The Morgan fingerprint density at radius 1 is 1.02 bits per heavy atom. The van der Waals surface area contributed by atoms with Gasteiger partial charge in [-0.3, -0.25) is 9.59 Å². The van der Waals surface area contributed by atoms with Gasteiger partial charge in [0.25, 0.3) is 5.91 Å². The zero-order valence-corrected chi connectivity index (χ0v) is 28.5. The lowest BCUT2D eigenvalue weighted by atomic mass is 9.78. The molecule has 1 saturated carbocycles. The Balaban J connectivity index is 1.21. The van der Waals surface area contributed by atoms with Crippen molar-refractivity contribution in [1.82, 2.24) is 10.2 Å². The molecule has 0 spiro atoms. The number of rotatable bonds is 13. The maximum atomic E-state index is 13.3. The molecule has 3 aromatic rings. The number of hydrogen-bond donors (Lipinski definition) is 1. The van der Waals surface area contributed by atoms with Crippen LogP contribution in [0.25, 0.3) is 18.4 Å². The lowest BCUT2D eigenvalue weighted by molar-refractivity contribution is 0.0815. The first-order chi connectivity index (χ1) is 22.8. The van der Waals surface area contributed by atoms with E-state index in [1.54, 1.807) is 13.2 Å². The van der Waals surface area contributed by atoms with Crippen LogP contribution in [0, 0.1) is 18.8 Å². The summed E-state index contributed by atoms with van der Waals surface area (Å²) in [5.74, 6) is 2.53. The van der Waals surface area contributed by atoms with Gasteiger partial charge in [0.1, 0.15) is 11.5 Å². The van der Waals surface area contributed by atoms with E-state index in [1.807, 2.05) is 54.6 Å². The van der Waals surface area contributed by atoms with Gasteiger partial charge >= 0.3 is 0 Å². The summed E-state index contributed by atoms with van der Waals surface area (Å²) in [6, 6.07) is 19.7. The van der Waals surface area contributed by atoms with E-state index in [0.717, 1.165) is 66.3 Å². The van der Waals surface area contributed by atoms with E-state index in [9.17, 15) is 9.59 Å². The monoisotopic (exact) mass is 634 g/mol. The second-order valence-electron chi connectivity index (χ2n) is 13.3. The van der Waals surface area contributed by atoms with Crippen molar-refractivity contribution >= 4 is 30.0 Å². The zero-order valence-electron chi connectivity index (χ0n) is 28.5. The van der Waals surface area contributed by atoms with Gasteiger partial charge in [-0.1, -0.05) is 50.3 Å². The molecule has 0 saturated heterocycles. The zero-order chi connectivity index (χ0) is 33.3. The second-order valence-corrected chi connectivity index (χ2v) is 13.3. The molecule has 1 heterocycles. The standard InChI is InChI=1S/C41H50N2O4/c1-6-30-12-18-36(19-13-30)47-37-20-15-34(16-21-37)40(44)24-31-9-8-10-32(23-31)26-43-27-39-29(4)38(22-17-33(39)14-11-28(43)3)41(45)42-25-35(7-2)46-5/h6,12-22,27-28,31-32,35H,1,7-11,23-26H2,2-5H3,(H,42,45). The molecule has 4 atom stereocenters. The first-order valence-electron chi connectivity index (χ1n) is 17.2. The van der Waals surface area contributed by atoms with Gasteiger partial charge in [0.15, 0.2) is 5.78 Å². The largest absolute Gasteiger partial charge is 0.457 e. The molecule has 0 radical (unpaired) electrons. The minimum Gasteiger partial charge on any atom is -0.457 e. The van der Waals surface area contributed by atoms with E-state index < -0.39 is 0 Å². The highest BCUT2D eigenvalue weighted by atomic mass is 16.5. The van der Waals surface area contributed by atoms with Crippen molar-refractivity contribution in [2.75, 3.05) is 20.2 Å². The molecule has 6 nitrogen and oxygen atoms in total. The first kappa shape index (κ1) is 34.2. The van der Waals surface area contributed by atoms with Gasteiger partial charge in [0.2, 0.25) is 0 Å². The third-order valence-corrected chi connectivity index (χ3v) is 9.97. The number of methoxy groups -OCH3 is 1. The van der Waals surface area contributed by atoms with Gasteiger partial charge in [-0.25, -0.2) is 0 Å². The highest BCUT2D eigenvalue weighted by molar-refractivity contribution is 5.96. The summed E-state index contributed by atoms with van der Waals surface area (Å²) < 4.78 is 11.4. The molecule has 1 N–H and O–H groups in total. The predicted octanol–water partition coefficient (Wildman–Crippen LogP) is 7.28. The number of nitrogens with zero attached hydrogens (tertiary/aromatic N) is 1. The minimum atomic E-state index is -0.0569. The fourth-order valence-electron chi connectivity index (χ4n) is 6.95. The number of amides is 1. The van der Waals surface area contributed by atoms with Crippen LogP contribution in [0.2, 0.25) is 0 Å². The molecule has 0 aromatic heterocycles. The average molecular weight is 635 g/mol. The summed E-state index contributed by atoms with van der Waals surface area (Å²) in [7, 11) is 1.68. The fraction of sp³-hybridized carbons (Fsp3) is 0.415. The number of fused-ring (bicyclic) bond motifs is 1. The number of carbonyl (C=O) groups is 2. The number of Topliss-reactive ketones (excluding diaryl/α,β-unsaturated/α-hetero) is 1. The summed E-state index contributed by atoms with van der Waals surface area (Å²) in [6.07, 6.45) is 13.3.